The minimum Gasteiger partial charge on any atom is -0.338 e. The molecular formula is C7H12BrN3O. The third-order valence-corrected chi connectivity index (χ3v) is 3.01. The molecule has 0 aromatic heterocycles. The van der Waals surface area contributed by atoms with E-state index in [4.69, 9.17) is 0 Å². The van der Waals surface area contributed by atoms with E-state index in [1.807, 2.05) is 0 Å². The van der Waals surface area contributed by atoms with Crippen LogP contribution in [0.5, 0.6) is 0 Å². The van der Waals surface area contributed by atoms with Crippen LogP contribution < -0.4 is 16.0 Å². The lowest BCUT2D eigenvalue weighted by Crippen LogP contribution is -2.67. The molecule has 4 nitrogen and oxygen atoms in total. The molecule has 2 aliphatic heterocycles. The number of amides is 1. The van der Waals surface area contributed by atoms with Crippen LogP contribution in [0.3, 0.4) is 0 Å². The summed E-state index contributed by atoms with van der Waals surface area (Å²) in [7, 11) is 0. The topological polar surface area (TPSA) is 53.2 Å². The quantitative estimate of drug-likeness (QED) is 0.479. The summed E-state index contributed by atoms with van der Waals surface area (Å²) in [4.78, 5) is 11.5. The van der Waals surface area contributed by atoms with Crippen LogP contribution in [0.4, 0.5) is 0 Å². The molecule has 0 aromatic rings. The number of carbonyl (C=O) groups excluding carboxylic acids is 1. The van der Waals surface area contributed by atoms with E-state index in [1.54, 1.807) is 0 Å². The maximum absolute atomic E-state index is 11.0. The summed E-state index contributed by atoms with van der Waals surface area (Å²) >= 11 is 3.55. The van der Waals surface area contributed by atoms with Crippen molar-refractivity contribution in [2.45, 2.75) is 23.5 Å². The Balaban J connectivity index is 1.98. The van der Waals surface area contributed by atoms with Crippen LogP contribution in [0.2, 0.25) is 0 Å². The molecule has 0 bridgehead atoms. The zero-order valence-electron chi connectivity index (χ0n) is 6.64. The Morgan fingerprint density at radius 1 is 1.42 bits per heavy atom. The van der Waals surface area contributed by atoms with E-state index in [9.17, 15) is 4.79 Å². The molecule has 0 spiro atoms. The van der Waals surface area contributed by atoms with Gasteiger partial charge in [0.05, 0.1) is 12.7 Å². The van der Waals surface area contributed by atoms with E-state index in [0.717, 1.165) is 13.0 Å². The second-order valence-corrected chi connectivity index (χ2v) is 4.57. The van der Waals surface area contributed by atoms with E-state index in [0.29, 0.717) is 17.4 Å². The molecule has 3 N–H and O–H groups in total. The number of nitrogens with one attached hydrogen (secondary N) is 3. The highest BCUT2D eigenvalue weighted by Gasteiger charge is 2.32. The summed E-state index contributed by atoms with van der Waals surface area (Å²) < 4.78 is 0. The van der Waals surface area contributed by atoms with E-state index in [2.05, 4.69) is 31.9 Å². The van der Waals surface area contributed by atoms with Crippen molar-refractivity contribution in [1.82, 2.24) is 16.0 Å². The fourth-order valence-corrected chi connectivity index (χ4v) is 2.28. The number of halogens is 1. The third kappa shape index (κ3) is 1.62. The van der Waals surface area contributed by atoms with Gasteiger partial charge in [0, 0.05) is 17.4 Å². The first-order valence-electron chi connectivity index (χ1n) is 4.16. The van der Waals surface area contributed by atoms with Crippen molar-refractivity contribution in [2.24, 2.45) is 0 Å². The monoisotopic (exact) mass is 233 g/mol. The predicted molar refractivity (Wildman–Crippen MR) is 49.1 cm³/mol. The maximum Gasteiger partial charge on any atom is 0.235 e. The fraction of sp³-hybridized carbons (Fsp3) is 0.857. The number of carbonyl (C=O) groups is 1. The van der Waals surface area contributed by atoms with Gasteiger partial charge in [-0.1, -0.05) is 15.9 Å². The van der Waals surface area contributed by atoms with Crippen LogP contribution in [-0.2, 0) is 4.79 Å². The largest absolute Gasteiger partial charge is 0.338 e. The minimum absolute atomic E-state index is 0.0803. The van der Waals surface area contributed by atoms with Gasteiger partial charge >= 0.3 is 0 Å². The first-order valence-corrected chi connectivity index (χ1v) is 5.07. The lowest BCUT2D eigenvalue weighted by molar-refractivity contribution is -0.123. The van der Waals surface area contributed by atoms with Crippen molar-refractivity contribution in [3.05, 3.63) is 0 Å². The molecule has 2 aliphatic rings. The zero-order chi connectivity index (χ0) is 8.55. The number of piperazine rings is 1. The molecule has 2 saturated heterocycles. The van der Waals surface area contributed by atoms with Gasteiger partial charge in [-0.25, -0.2) is 0 Å². The smallest absolute Gasteiger partial charge is 0.235 e. The predicted octanol–water partition coefficient (Wildman–Crippen LogP) is -0.843. The van der Waals surface area contributed by atoms with Crippen LogP contribution in [0.25, 0.3) is 0 Å². The van der Waals surface area contributed by atoms with Gasteiger partial charge in [0.2, 0.25) is 5.91 Å². The normalized spacial score (nSPS) is 41.8. The van der Waals surface area contributed by atoms with Crippen molar-refractivity contribution in [1.29, 1.82) is 0 Å². The average molecular weight is 234 g/mol. The highest BCUT2D eigenvalue weighted by Crippen LogP contribution is 2.15. The van der Waals surface area contributed by atoms with Crippen molar-refractivity contribution in [3.8, 4) is 0 Å². The number of rotatable bonds is 0. The maximum atomic E-state index is 11.0. The van der Waals surface area contributed by atoms with Crippen molar-refractivity contribution in [3.63, 3.8) is 0 Å². The molecule has 0 radical (unpaired) electrons. The Hall–Kier alpha value is -0.130. The van der Waals surface area contributed by atoms with Gasteiger partial charge in [-0.05, 0) is 6.42 Å². The van der Waals surface area contributed by atoms with E-state index >= 15 is 0 Å². The Morgan fingerprint density at radius 2 is 2.25 bits per heavy atom. The molecule has 68 valence electrons. The summed E-state index contributed by atoms with van der Waals surface area (Å²) in [5.74, 6) is 0.0803. The summed E-state index contributed by atoms with van der Waals surface area (Å²) in [5.41, 5.74) is 0. The standard InChI is InChI=1S/C7H12BrN3O/c8-4-1-5-7(10-2-4)11-6(12)3-9-5/h4-5,7,9-10H,1-3H2,(H,11,12). The summed E-state index contributed by atoms with van der Waals surface area (Å²) in [6, 6.07) is 0.376. The van der Waals surface area contributed by atoms with Crippen molar-refractivity contribution >= 4 is 21.8 Å². The minimum atomic E-state index is 0.0803. The molecule has 2 heterocycles. The zero-order valence-corrected chi connectivity index (χ0v) is 8.23. The van der Waals surface area contributed by atoms with E-state index in [-0.39, 0.29) is 12.1 Å². The second kappa shape index (κ2) is 3.32. The van der Waals surface area contributed by atoms with Crippen LogP contribution in [0, 0.1) is 0 Å². The number of alkyl halides is 1. The molecule has 12 heavy (non-hydrogen) atoms. The summed E-state index contributed by atoms with van der Waals surface area (Å²) in [5, 5.41) is 9.36. The lowest BCUT2D eigenvalue weighted by atomic mass is 10.0. The summed E-state index contributed by atoms with van der Waals surface area (Å²) in [6.45, 7) is 1.37. The van der Waals surface area contributed by atoms with Gasteiger partial charge in [0.25, 0.3) is 0 Å². The highest BCUT2D eigenvalue weighted by atomic mass is 79.9. The van der Waals surface area contributed by atoms with Crippen molar-refractivity contribution < 1.29 is 4.79 Å². The average Bonchev–Trinajstić information content (AvgIpc) is 2.05. The van der Waals surface area contributed by atoms with Crippen LogP contribution in [0.15, 0.2) is 0 Å². The third-order valence-electron chi connectivity index (χ3n) is 2.31. The molecule has 0 aliphatic carbocycles. The van der Waals surface area contributed by atoms with Crippen molar-refractivity contribution in [2.75, 3.05) is 13.1 Å². The molecule has 1 amide bonds. The van der Waals surface area contributed by atoms with Gasteiger partial charge in [0.1, 0.15) is 0 Å². The van der Waals surface area contributed by atoms with Gasteiger partial charge in [-0.2, -0.15) is 0 Å². The molecule has 2 fully saturated rings. The second-order valence-electron chi connectivity index (χ2n) is 3.27. The molecular weight excluding hydrogens is 222 g/mol. The number of piperidine rings is 1. The van der Waals surface area contributed by atoms with E-state index < -0.39 is 0 Å². The Labute approximate surface area is 79.6 Å². The number of hydrogen-bond acceptors (Lipinski definition) is 3. The highest BCUT2D eigenvalue weighted by molar-refractivity contribution is 9.09. The molecule has 3 atom stereocenters. The fourth-order valence-electron chi connectivity index (χ4n) is 1.69. The van der Waals surface area contributed by atoms with Crippen LogP contribution >= 0.6 is 15.9 Å². The molecule has 5 heteroatoms. The van der Waals surface area contributed by atoms with Crippen LogP contribution in [0.1, 0.15) is 6.42 Å². The molecule has 0 saturated carbocycles. The number of hydrogen-bond donors (Lipinski definition) is 3. The first kappa shape index (κ1) is 8.47. The van der Waals surface area contributed by atoms with Gasteiger partial charge in [0.15, 0.2) is 0 Å². The van der Waals surface area contributed by atoms with Crippen LogP contribution in [-0.4, -0.2) is 36.0 Å². The Bertz CT molecular complexity index is 199. The SMILES string of the molecule is O=C1CNC2CC(Br)CNC2N1. The Morgan fingerprint density at radius 3 is 3.08 bits per heavy atom. The molecule has 2 rings (SSSR count). The molecule has 3 unspecified atom stereocenters. The first-order chi connectivity index (χ1) is 5.75. The molecule has 0 aromatic carbocycles. The summed E-state index contributed by atoms with van der Waals surface area (Å²) in [6.07, 6.45) is 1.19. The van der Waals surface area contributed by atoms with Gasteiger partial charge in [-0.15, -0.1) is 0 Å². The lowest BCUT2D eigenvalue weighted by Gasteiger charge is -2.39. The van der Waals surface area contributed by atoms with Gasteiger partial charge in [-0.3, -0.25) is 10.1 Å². The Kier molecular flexibility index (Phi) is 2.34. The van der Waals surface area contributed by atoms with Gasteiger partial charge < -0.3 is 10.6 Å². The number of fused-ring (bicyclic) bond motifs is 1. The van der Waals surface area contributed by atoms with E-state index in [1.165, 1.54) is 0 Å².